The Morgan fingerprint density at radius 2 is 2.29 bits per heavy atom. The summed E-state index contributed by atoms with van der Waals surface area (Å²) in [6, 6.07) is -1.56. The molecule has 1 aliphatic rings. The summed E-state index contributed by atoms with van der Waals surface area (Å²) in [5.74, 6) is 0.263. The van der Waals surface area contributed by atoms with Gasteiger partial charge in [0.15, 0.2) is 6.04 Å². The first-order valence-corrected chi connectivity index (χ1v) is 4.13. The summed E-state index contributed by atoms with van der Waals surface area (Å²) >= 11 is 0. The van der Waals surface area contributed by atoms with Crippen LogP contribution in [0, 0.1) is 0 Å². The number of nitrogen functional groups attached to an aromatic ring is 1. The lowest BCUT2D eigenvalue weighted by Gasteiger charge is -2.27. The van der Waals surface area contributed by atoms with E-state index >= 15 is 0 Å². The maximum atomic E-state index is 12.5. The van der Waals surface area contributed by atoms with Crippen LogP contribution in [-0.2, 0) is 0 Å². The lowest BCUT2D eigenvalue weighted by atomic mass is 10.1. The van der Waals surface area contributed by atoms with Crippen molar-refractivity contribution in [1.29, 1.82) is 0 Å². The van der Waals surface area contributed by atoms with Gasteiger partial charge in [0.05, 0.1) is 11.9 Å². The number of rotatable bonds is 0. The molecule has 2 rings (SSSR count). The van der Waals surface area contributed by atoms with Crippen LogP contribution in [0.2, 0.25) is 0 Å². The third-order valence-electron chi connectivity index (χ3n) is 2.21. The summed E-state index contributed by atoms with van der Waals surface area (Å²) in [6.07, 6.45) is -3.06. The van der Waals surface area contributed by atoms with Crippen LogP contribution in [0.15, 0.2) is 6.20 Å². The molecular formula is C7H9F3N4. The average Bonchev–Trinajstić information content (AvgIpc) is 2.46. The van der Waals surface area contributed by atoms with Crippen LogP contribution in [0.25, 0.3) is 0 Å². The monoisotopic (exact) mass is 206 g/mol. The SMILES string of the molecule is Nc1cnn2c1NCCC2C(F)(F)F. The van der Waals surface area contributed by atoms with Crippen LogP contribution >= 0.6 is 0 Å². The number of alkyl halides is 3. The predicted octanol–water partition coefficient (Wildman–Crippen LogP) is 1.38. The van der Waals surface area contributed by atoms with Gasteiger partial charge < -0.3 is 11.1 Å². The van der Waals surface area contributed by atoms with Gasteiger partial charge in [-0.25, -0.2) is 4.68 Å². The Balaban J connectivity index is 2.41. The number of hydrogen-bond acceptors (Lipinski definition) is 3. The molecule has 0 bridgehead atoms. The van der Waals surface area contributed by atoms with E-state index in [2.05, 4.69) is 10.4 Å². The van der Waals surface area contributed by atoms with Crippen molar-refractivity contribution in [2.75, 3.05) is 17.6 Å². The molecule has 0 saturated carbocycles. The molecule has 1 aromatic heterocycles. The number of nitrogens with one attached hydrogen (secondary N) is 1. The molecule has 0 spiro atoms. The van der Waals surface area contributed by atoms with Crippen LogP contribution in [0.1, 0.15) is 12.5 Å². The molecule has 1 unspecified atom stereocenters. The van der Waals surface area contributed by atoms with E-state index in [1.807, 2.05) is 0 Å². The van der Waals surface area contributed by atoms with Gasteiger partial charge in [-0.3, -0.25) is 0 Å². The zero-order valence-corrected chi connectivity index (χ0v) is 7.17. The first-order chi connectivity index (χ1) is 6.50. The van der Waals surface area contributed by atoms with Gasteiger partial charge in [-0.05, 0) is 6.42 Å². The molecule has 3 N–H and O–H groups in total. The second-order valence-corrected chi connectivity index (χ2v) is 3.17. The highest BCUT2D eigenvalue weighted by Gasteiger charge is 2.44. The Morgan fingerprint density at radius 3 is 2.93 bits per heavy atom. The number of halogens is 3. The topological polar surface area (TPSA) is 55.9 Å². The van der Waals surface area contributed by atoms with Crippen molar-refractivity contribution in [2.24, 2.45) is 0 Å². The number of fused-ring (bicyclic) bond motifs is 1. The fraction of sp³-hybridized carbons (Fsp3) is 0.571. The first-order valence-electron chi connectivity index (χ1n) is 4.13. The van der Waals surface area contributed by atoms with Gasteiger partial charge in [-0.1, -0.05) is 0 Å². The van der Waals surface area contributed by atoms with Gasteiger partial charge >= 0.3 is 6.18 Å². The van der Waals surface area contributed by atoms with Crippen molar-refractivity contribution in [3.8, 4) is 0 Å². The maximum absolute atomic E-state index is 12.5. The minimum absolute atomic E-state index is 0.0162. The van der Waals surface area contributed by atoms with Gasteiger partial charge in [-0.2, -0.15) is 18.3 Å². The molecule has 0 fully saturated rings. The lowest BCUT2D eigenvalue weighted by molar-refractivity contribution is -0.171. The molecule has 0 amide bonds. The average molecular weight is 206 g/mol. The van der Waals surface area contributed by atoms with Crippen molar-refractivity contribution in [3.05, 3.63) is 6.20 Å². The van der Waals surface area contributed by atoms with Crippen LogP contribution in [0.3, 0.4) is 0 Å². The lowest BCUT2D eigenvalue weighted by Crippen LogP contribution is -2.34. The summed E-state index contributed by atoms with van der Waals surface area (Å²) < 4.78 is 38.4. The molecule has 7 heteroatoms. The van der Waals surface area contributed by atoms with Crippen LogP contribution in [-0.4, -0.2) is 22.5 Å². The summed E-state index contributed by atoms with van der Waals surface area (Å²) in [4.78, 5) is 0. The van der Waals surface area contributed by atoms with Gasteiger partial charge in [0.1, 0.15) is 5.82 Å². The normalized spacial score (nSPS) is 21.5. The predicted molar refractivity (Wildman–Crippen MR) is 44.8 cm³/mol. The zero-order valence-electron chi connectivity index (χ0n) is 7.17. The fourth-order valence-electron chi connectivity index (χ4n) is 1.55. The summed E-state index contributed by atoms with van der Waals surface area (Å²) in [6.45, 7) is 0.264. The number of nitrogens with zero attached hydrogens (tertiary/aromatic N) is 2. The van der Waals surface area contributed by atoms with Crippen molar-refractivity contribution >= 4 is 11.5 Å². The molecule has 78 valence electrons. The minimum Gasteiger partial charge on any atom is -0.394 e. The summed E-state index contributed by atoms with van der Waals surface area (Å²) in [5, 5.41) is 6.40. The highest BCUT2D eigenvalue weighted by Crippen LogP contribution is 2.38. The van der Waals surface area contributed by atoms with E-state index in [9.17, 15) is 13.2 Å². The molecule has 0 aliphatic carbocycles. The molecule has 4 nitrogen and oxygen atoms in total. The van der Waals surface area contributed by atoms with E-state index in [4.69, 9.17) is 5.73 Å². The molecule has 0 radical (unpaired) electrons. The number of aromatic nitrogens is 2. The smallest absolute Gasteiger partial charge is 0.394 e. The van der Waals surface area contributed by atoms with E-state index in [0.29, 0.717) is 0 Å². The second-order valence-electron chi connectivity index (χ2n) is 3.17. The number of anilines is 2. The third kappa shape index (κ3) is 1.28. The fourth-order valence-corrected chi connectivity index (χ4v) is 1.55. The van der Waals surface area contributed by atoms with Gasteiger partial charge in [-0.15, -0.1) is 0 Å². The quantitative estimate of drug-likeness (QED) is 0.674. The largest absolute Gasteiger partial charge is 0.410 e. The second kappa shape index (κ2) is 2.79. The number of hydrogen-bond donors (Lipinski definition) is 2. The molecule has 1 aromatic rings. The Bertz CT molecular complexity index is 343. The van der Waals surface area contributed by atoms with E-state index in [-0.39, 0.29) is 24.5 Å². The van der Waals surface area contributed by atoms with Crippen LogP contribution in [0.4, 0.5) is 24.7 Å². The molecule has 1 atom stereocenters. The van der Waals surface area contributed by atoms with Crippen molar-refractivity contribution < 1.29 is 13.2 Å². The Labute approximate surface area is 77.9 Å². The number of nitrogens with two attached hydrogens (primary N) is 1. The summed E-state index contributed by atoms with van der Waals surface area (Å²) in [5.41, 5.74) is 5.70. The molecule has 0 saturated heterocycles. The Hall–Kier alpha value is -1.40. The van der Waals surface area contributed by atoms with Crippen LogP contribution in [0.5, 0.6) is 0 Å². The minimum atomic E-state index is -4.27. The molecule has 2 heterocycles. The van der Waals surface area contributed by atoms with Crippen molar-refractivity contribution in [3.63, 3.8) is 0 Å². The highest BCUT2D eigenvalue weighted by molar-refractivity contribution is 5.61. The molecular weight excluding hydrogens is 197 g/mol. The van der Waals surface area contributed by atoms with Gasteiger partial charge in [0.2, 0.25) is 0 Å². The van der Waals surface area contributed by atoms with E-state index in [0.717, 1.165) is 4.68 Å². The zero-order chi connectivity index (χ0) is 10.3. The van der Waals surface area contributed by atoms with E-state index < -0.39 is 12.2 Å². The van der Waals surface area contributed by atoms with Gasteiger partial charge in [0.25, 0.3) is 0 Å². The van der Waals surface area contributed by atoms with Crippen molar-refractivity contribution in [2.45, 2.75) is 18.6 Å². The molecule has 1 aliphatic heterocycles. The van der Waals surface area contributed by atoms with E-state index in [1.54, 1.807) is 0 Å². The third-order valence-corrected chi connectivity index (χ3v) is 2.21. The van der Waals surface area contributed by atoms with E-state index in [1.165, 1.54) is 6.20 Å². The Kier molecular flexibility index (Phi) is 1.83. The first kappa shape index (κ1) is 9.17. The molecule has 14 heavy (non-hydrogen) atoms. The standard InChI is InChI=1S/C7H9F3N4/c8-7(9,10)5-1-2-12-6-4(11)3-13-14(5)6/h3,5,12H,1-2,11H2. The van der Waals surface area contributed by atoms with Crippen LogP contribution < -0.4 is 11.1 Å². The maximum Gasteiger partial charge on any atom is 0.410 e. The summed E-state index contributed by atoms with van der Waals surface area (Å²) in [7, 11) is 0. The highest BCUT2D eigenvalue weighted by atomic mass is 19.4. The molecule has 0 aromatic carbocycles. The Morgan fingerprint density at radius 1 is 1.57 bits per heavy atom. The van der Waals surface area contributed by atoms with Crippen molar-refractivity contribution in [1.82, 2.24) is 9.78 Å². The van der Waals surface area contributed by atoms with Gasteiger partial charge in [0, 0.05) is 6.54 Å².